The molecule has 0 aliphatic heterocycles. The van der Waals surface area contributed by atoms with Gasteiger partial charge in [-0.05, 0) is 19.1 Å². The lowest BCUT2D eigenvalue weighted by molar-refractivity contribution is -0.118. The van der Waals surface area contributed by atoms with Crippen LogP contribution in [0.25, 0.3) is 11.4 Å². The zero-order chi connectivity index (χ0) is 23.7. The predicted octanol–water partition coefficient (Wildman–Crippen LogP) is 2.02. The highest BCUT2D eigenvalue weighted by Gasteiger charge is 2.24. The molecule has 32 heavy (non-hydrogen) atoms. The standard InChI is InChI=1S/C21H29N5O4S2/c1-6-12-22-19(27)15-31-21-24-23-20(26(21)16(4)14-30-5)17-10-9-11-18(13-17)32(28,29)25(7-2)8-3/h1,9-11,13,16H,7-8,12,14-15H2,2-5H3,(H,22,27). The monoisotopic (exact) mass is 479 g/mol. The summed E-state index contributed by atoms with van der Waals surface area (Å²) in [6.07, 6.45) is 5.17. The molecule has 9 nitrogen and oxygen atoms in total. The zero-order valence-corrected chi connectivity index (χ0v) is 20.4. The molecule has 1 atom stereocenters. The number of thioether (sulfide) groups is 1. The molecule has 0 saturated heterocycles. The van der Waals surface area contributed by atoms with Gasteiger partial charge in [0.05, 0.1) is 29.8 Å². The van der Waals surface area contributed by atoms with Gasteiger partial charge in [0, 0.05) is 25.8 Å². The quantitative estimate of drug-likeness (QED) is 0.367. The van der Waals surface area contributed by atoms with Crippen LogP contribution in [0.4, 0.5) is 0 Å². The molecule has 1 unspecified atom stereocenters. The van der Waals surface area contributed by atoms with Crippen LogP contribution in [-0.4, -0.2) is 72.5 Å². The molecule has 1 N–H and O–H groups in total. The molecule has 1 amide bonds. The number of aromatic nitrogens is 3. The molecule has 0 fully saturated rings. The molecule has 0 spiro atoms. The lowest BCUT2D eigenvalue weighted by Crippen LogP contribution is -2.30. The molecular weight excluding hydrogens is 450 g/mol. The summed E-state index contributed by atoms with van der Waals surface area (Å²) in [7, 11) is -2.03. The number of hydrogen-bond donors (Lipinski definition) is 1. The smallest absolute Gasteiger partial charge is 0.243 e. The second-order valence-corrected chi connectivity index (χ2v) is 9.75. The third-order valence-corrected chi connectivity index (χ3v) is 7.66. The Bertz CT molecular complexity index is 1060. The van der Waals surface area contributed by atoms with Crippen molar-refractivity contribution in [3.8, 4) is 23.7 Å². The minimum Gasteiger partial charge on any atom is -0.383 e. The van der Waals surface area contributed by atoms with Crippen molar-refractivity contribution < 1.29 is 17.9 Å². The molecule has 1 aromatic heterocycles. The van der Waals surface area contributed by atoms with Crippen molar-refractivity contribution in [3.05, 3.63) is 24.3 Å². The lowest BCUT2D eigenvalue weighted by Gasteiger charge is -2.20. The van der Waals surface area contributed by atoms with E-state index < -0.39 is 10.0 Å². The lowest BCUT2D eigenvalue weighted by atomic mass is 10.2. The van der Waals surface area contributed by atoms with E-state index in [1.165, 1.54) is 16.1 Å². The van der Waals surface area contributed by atoms with E-state index in [4.69, 9.17) is 11.2 Å². The van der Waals surface area contributed by atoms with E-state index in [1.54, 1.807) is 45.2 Å². The Kier molecular flexibility index (Phi) is 9.71. The van der Waals surface area contributed by atoms with Gasteiger partial charge in [-0.1, -0.05) is 43.7 Å². The van der Waals surface area contributed by atoms with Crippen molar-refractivity contribution in [3.63, 3.8) is 0 Å². The maximum atomic E-state index is 13.0. The number of sulfonamides is 1. The summed E-state index contributed by atoms with van der Waals surface area (Å²) < 4.78 is 34.5. The van der Waals surface area contributed by atoms with Crippen molar-refractivity contribution >= 4 is 27.7 Å². The minimum atomic E-state index is -3.62. The second-order valence-electron chi connectivity index (χ2n) is 6.87. The number of nitrogens with zero attached hydrogens (tertiary/aromatic N) is 4. The maximum Gasteiger partial charge on any atom is 0.243 e. The van der Waals surface area contributed by atoms with E-state index in [2.05, 4.69) is 21.4 Å². The SMILES string of the molecule is C#CCNC(=O)CSc1nnc(-c2cccc(S(=O)(=O)N(CC)CC)c2)n1C(C)COC. The van der Waals surface area contributed by atoms with E-state index in [1.807, 2.05) is 11.5 Å². The summed E-state index contributed by atoms with van der Waals surface area (Å²) in [6, 6.07) is 6.49. The average Bonchev–Trinajstić information content (AvgIpc) is 3.21. The summed E-state index contributed by atoms with van der Waals surface area (Å²) in [6.45, 7) is 6.85. The first-order valence-corrected chi connectivity index (χ1v) is 12.6. The van der Waals surface area contributed by atoms with Gasteiger partial charge in [0.1, 0.15) is 0 Å². The van der Waals surface area contributed by atoms with E-state index in [0.29, 0.717) is 36.2 Å². The number of nitrogens with one attached hydrogen (secondary N) is 1. The summed E-state index contributed by atoms with van der Waals surface area (Å²) in [5, 5.41) is 11.7. The van der Waals surface area contributed by atoms with Crippen LogP contribution in [0.5, 0.6) is 0 Å². The summed E-state index contributed by atoms with van der Waals surface area (Å²) in [5.41, 5.74) is 0.609. The number of terminal acetylenes is 1. The Balaban J connectivity index is 2.44. The van der Waals surface area contributed by atoms with Gasteiger partial charge in [-0.2, -0.15) is 4.31 Å². The first kappa shape index (κ1) is 25.9. The fourth-order valence-corrected chi connectivity index (χ4v) is 5.50. The van der Waals surface area contributed by atoms with Crippen LogP contribution in [0.2, 0.25) is 0 Å². The van der Waals surface area contributed by atoms with E-state index in [9.17, 15) is 13.2 Å². The second kappa shape index (κ2) is 12.0. The zero-order valence-electron chi connectivity index (χ0n) is 18.7. The number of carbonyl (C=O) groups is 1. The third kappa shape index (κ3) is 6.10. The molecule has 2 rings (SSSR count). The summed E-state index contributed by atoms with van der Waals surface area (Å²) >= 11 is 1.22. The van der Waals surface area contributed by atoms with Crippen LogP contribution in [0.15, 0.2) is 34.3 Å². The van der Waals surface area contributed by atoms with Crippen LogP contribution in [0.1, 0.15) is 26.8 Å². The predicted molar refractivity (Wildman–Crippen MR) is 125 cm³/mol. The minimum absolute atomic E-state index is 0.121. The Morgan fingerprint density at radius 3 is 2.69 bits per heavy atom. The van der Waals surface area contributed by atoms with Crippen molar-refractivity contribution in [1.29, 1.82) is 0 Å². The van der Waals surface area contributed by atoms with Crippen LogP contribution < -0.4 is 5.32 Å². The van der Waals surface area contributed by atoms with E-state index >= 15 is 0 Å². The van der Waals surface area contributed by atoms with Crippen molar-refractivity contribution in [1.82, 2.24) is 24.4 Å². The van der Waals surface area contributed by atoms with Crippen molar-refractivity contribution in [2.75, 3.05) is 39.1 Å². The Hall–Kier alpha value is -2.39. The van der Waals surface area contributed by atoms with Gasteiger partial charge in [-0.25, -0.2) is 8.42 Å². The topological polar surface area (TPSA) is 106 Å². The first-order chi connectivity index (χ1) is 15.3. The van der Waals surface area contributed by atoms with Gasteiger partial charge in [-0.3, -0.25) is 9.36 Å². The van der Waals surface area contributed by atoms with Gasteiger partial charge >= 0.3 is 0 Å². The highest BCUT2D eigenvalue weighted by atomic mass is 32.2. The van der Waals surface area contributed by atoms with Crippen LogP contribution >= 0.6 is 11.8 Å². The molecular formula is C21H29N5O4S2. The van der Waals surface area contributed by atoms with Gasteiger partial charge in [0.2, 0.25) is 15.9 Å². The van der Waals surface area contributed by atoms with Crippen LogP contribution in [-0.2, 0) is 19.6 Å². The highest BCUT2D eigenvalue weighted by molar-refractivity contribution is 7.99. The fraction of sp³-hybridized carbons (Fsp3) is 0.476. The molecule has 0 aliphatic rings. The molecule has 0 bridgehead atoms. The third-order valence-electron chi connectivity index (χ3n) is 4.67. The van der Waals surface area contributed by atoms with Crippen LogP contribution in [0.3, 0.4) is 0 Å². The normalized spacial score (nSPS) is 12.5. The number of carbonyl (C=O) groups excluding carboxylic acids is 1. The number of benzene rings is 1. The fourth-order valence-electron chi connectivity index (χ4n) is 3.12. The highest BCUT2D eigenvalue weighted by Crippen LogP contribution is 2.29. The largest absolute Gasteiger partial charge is 0.383 e. The number of rotatable bonds is 12. The summed E-state index contributed by atoms with van der Waals surface area (Å²) in [4.78, 5) is 12.1. The van der Waals surface area contributed by atoms with Crippen molar-refractivity contribution in [2.24, 2.45) is 0 Å². The maximum absolute atomic E-state index is 13.0. The number of amides is 1. The van der Waals surface area contributed by atoms with Gasteiger partial charge in [0.15, 0.2) is 11.0 Å². The Morgan fingerprint density at radius 1 is 1.34 bits per heavy atom. The molecule has 2 aromatic rings. The van der Waals surface area contributed by atoms with E-state index in [0.717, 1.165) is 0 Å². The molecule has 1 aromatic carbocycles. The first-order valence-electron chi connectivity index (χ1n) is 10.2. The summed E-state index contributed by atoms with van der Waals surface area (Å²) in [5.74, 6) is 2.77. The molecule has 0 aliphatic carbocycles. The molecule has 174 valence electrons. The van der Waals surface area contributed by atoms with Gasteiger partial charge in [-0.15, -0.1) is 16.6 Å². The van der Waals surface area contributed by atoms with Crippen LogP contribution in [0, 0.1) is 12.3 Å². The molecule has 0 saturated carbocycles. The average molecular weight is 480 g/mol. The Morgan fingerprint density at radius 2 is 2.06 bits per heavy atom. The number of ether oxygens (including phenoxy) is 1. The van der Waals surface area contributed by atoms with Gasteiger partial charge < -0.3 is 10.1 Å². The Labute approximate surface area is 194 Å². The molecule has 0 radical (unpaired) electrons. The van der Waals surface area contributed by atoms with Gasteiger partial charge in [0.25, 0.3) is 0 Å². The molecule has 1 heterocycles. The van der Waals surface area contributed by atoms with E-state index in [-0.39, 0.29) is 29.1 Å². The number of hydrogen-bond acceptors (Lipinski definition) is 7. The number of methoxy groups -OCH3 is 1. The van der Waals surface area contributed by atoms with Crippen molar-refractivity contribution in [2.45, 2.75) is 36.9 Å². The molecule has 11 heteroatoms.